The molecule has 0 aliphatic heterocycles. The van der Waals surface area contributed by atoms with Gasteiger partial charge in [-0.1, -0.05) is 65.5 Å². The third kappa shape index (κ3) is 6.02. The summed E-state index contributed by atoms with van der Waals surface area (Å²) in [6, 6.07) is 0. The van der Waals surface area contributed by atoms with E-state index in [1.165, 1.54) is 32.1 Å². The molecular formula is C15H30. The van der Waals surface area contributed by atoms with Gasteiger partial charge in [-0.2, -0.15) is 0 Å². The Morgan fingerprint density at radius 1 is 1.13 bits per heavy atom. The van der Waals surface area contributed by atoms with E-state index in [4.69, 9.17) is 0 Å². The standard InChI is InChI=1S/C15H30/c1-7-9-10-12-14(15(4,5)6)13(3)11-8-2/h11,14H,7-10,12H2,1-6H3/b13-11+. The Morgan fingerprint density at radius 2 is 1.73 bits per heavy atom. The van der Waals surface area contributed by atoms with Crippen molar-refractivity contribution in [1.82, 2.24) is 0 Å². The molecule has 0 saturated heterocycles. The fraction of sp³-hybridized carbons (Fsp3) is 0.867. The first kappa shape index (κ1) is 14.7. The quantitative estimate of drug-likeness (QED) is 0.396. The van der Waals surface area contributed by atoms with Crippen LogP contribution in [0.4, 0.5) is 0 Å². The predicted octanol–water partition coefficient (Wildman–Crippen LogP) is 5.59. The molecule has 0 spiro atoms. The fourth-order valence-electron chi connectivity index (χ4n) is 2.41. The number of unbranched alkanes of at least 4 members (excludes halogenated alkanes) is 2. The molecular weight excluding hydrogens is 180 g/mol. The Bertz CT molecular complexity index is 181. The lowest BCUT2D eigenvalue weighted by Crippen LogP contribution is -2.21. The molecule has 0 radical (unpaired) electrons. The van der Waals surface area contributed by atoms with E-state index >= 15 is 0 Å². The number of hydrogen-bond acceptors (Lipinski definition) is 0. The van der Waals surface area contributed by atoms with Crippen LogP contribution >= 0.6 is 0 Å². The largest absolute Gasteiger partial charge is 0.0856 e. The summed E-state index contributed by atoms with van der Waals surface area (Å²) >= 11 is 0. The van der Waals surface area contributed by atoms with Crippen LogP contribution in [0, 0.1) is 11.3 Å². The summed E-state index contributed by atoms with van der Waals surface area (Å²) < 4.78 is 0. The summed E-state index contributed by atoms with van der Waals surface area (Å²) in [7, 11) is 0. The van der Waals surface area contributed by atoms with E-state index in [-0.39, 0.29) is 0 Å². The molecule has 0 N–H and O–H groups in total. The van der Waals surface area contributed by atoms with Crippen molar-refractivity contribution >= 4 is 0 Å². The Morgan fingerprint density at radius 3 is 2.13 bits per heavy atom. The summed E-state index contributed by atoms with van der Waals surface area (Å²) in [4.78, 5) is 0. The van der Waals surface area contributed by atoms with Gasteiger partial charge in [0.1, 0.15) is 0 Å². The minimum atomic E-state index is 0.420. The molecule has 1 atom stereocenters. The molecule has 0 amide bonds. The van der Waals surface area contributed by atoms with E-state index in [2.05, 4.69) is 47.6 Å². The highest BCUT2D eigenvalue weighted by Crippen LogP contribution is 2.35. The van der Waals surface area contributed by atoms with E-state index < -0.39 is 0 Å². The fourth-order valence-corrected chi connectivity index (χ4v) is 2.41. The molecule has 0 aromatic rings. The van der Waals surface area contributed by atoms with Crippen molar-refractivity contribution in [3.63, 3.8) is 0 Å². The Kier molecular flexibility index (Phi) is 6.96. The van der Waals surface area contributed by atoms with Crippen LogP contribution in [0.3, 0.4) is 0 Å². The normalized spacial score (nSPS) is 15.5. The zero-order chi connectivity index (χ0) is 11.9. The lowest BCUT2D eigenvalue weighted by atomic mass is 9.73. The van der Waals surface area contributed by atoms with Crippen molar-refractivity contribution < 1.29 is 0 Å². The van der Waals surface area contributed by atoms with E-state index in [1.807, 2.05) is 0 Å². The van der Waals surface area contributed by atoms with Crippen molar-refractivity contribution in [1.29, 1.82) is 0 Å². The van der Waals surface area contributed by atoms with E-state index in [9.17, 15) is 0 Å². The monoisotopic (exact) mass is 210 g/mol. The number of allylic oxidation sites excluding steroid dienone is 2. The molecule has 0 fully saturated rings. The van der Waals surface area contributed by atoms with Crippen molar-refractivity contribution in [3.8, 4) is 0 Å². The first-order valence-corrected chi connectivity index (χ1v) is 6.60. The second-order valence-corrected chi connectivity index (χ2v) is 5.77. The number of hydrogen-bond donors (Lipinski definition) is 0. The first-order valence-electron chi connectivity index (χ1n) is 6.60. The molecule has 0 aliphatic rings. The molecule has 0 aromatic carbocycles. The zero-order valence-electron chi connectivity index (χ0n) is 11.7. The van der Waals surface area contributed by atoms with Crippen molar-refractivity contribution in [3.05, 3.63) is 11.6 Å². The minimum Gasteiger partial charge on any atom is -0.0856 e. The van der Waals surface area contributed by atoms with Crippen LogP contribution in [-0.2, 0) is 0 Å². The lowest BCUT2D eigenvalue weighted by Gasteiger charge is -2.32. The van der Waals surface area contributed by atoms with Gasteiger partial charge in [-0.05, 0) is 31.1 Å². The van der Waals surface area contributed by atoms with Gasteiger partial charge in [-0.3, -0.25) is 0 Å². The zero-order valence-corrected chi connectivity index (χ0v) is 11.7. The highest BCUT2D eigenvalue weighted by Gasteiger charge is 2.24. The maximum absolute atomic E-state index is 2.40. The van der Waals surface area contributed by atoms with Crippen LogP contribution in [-0.4, -0.2) is 0 Å². The molecule has 0 heterocycles. The summed E-state index contributed by atoms with van der Waals surface area (Å²) in [5.74, 6) is 0.768. The summed E-state index contributed by atoms with van der Waals surface area (Å²) in [5.41, 5.74) is 2.02. The van der Waals surface area contributed by atoms with Crippen LogP contribution in [0.2, 0.25) is 0 Å². The predicted molar refractivity (Wildman–Crippen MR) is 71.1 cm³/mol. The molecule has 1 unspecified atom stereocenters. The van der Waals surface area contributed by atoms with Crippen LogP contribution < -0.4 is 0 Å². The molecule has 15 heavy (non-hydrogen) atoms. The molecule has 0 bridgehead atoms. The van der Waals surface area contributed by atoms with Gasteiger partial charge in [0.2, 0.25) is 0 Å². The van der Waals surface area contributed by atoms with E-state index in [0.717, 1.165) is 5.92 Å². The van der Waals surface area contributed by atoms with Gasteiger partial charge >= 0.3 is 0 Å². The molecule has 0 aliphatic carbocycles. The van der Waals surface area contributed by atoms with Gasteiger partial charge in [0.15, 0.2) is 0 Å². The van der Waals surface area contributed by atoms with Crippen LogP contribution in [0.1, 0.15) is 73.6 Å². The average Bonchev–Trinajstić information content (AvgIpc) is 2.10. The molecule has 90 valence electrons. The molecule has 0 saturated carbocycles. The van der Waals surface area contributed by atoms with E-state index in [0.29, 0.717) is 5.41 Å². The molecule has 0 rings (SSSR count). The molecule has 0 heteroatoms. The van der Waals surface area contributed by atoms with Crippen LogP contribution in [0.25, 0.3) is 0 Å². The van der Waals surface area contributed by atoms with E-state index in [1.54, 1.807) is 5.57 Å². The van der Waals surface area contributed by atoms with Crippen LogP contribution in [0.15, 0.2) is 11.6 Å². The SMILES string of the molecule is CC/C=C(\C)C(CCCCC)C(C)(C)C. The Hall–Kier alpha value is -0.260. The van der Waals surface area contributed by atoms with Crippen LogP contribution in [0.5, 0.6) is 0 Å². The third-order valence-electron chi connectivity index (χ3n) is 3.22. The minimum absolute atomic E-state index is 0.420. The van der Waals surface area contributed by atoms with Gasteiger partial charge in [0.25, 0.3) is 0 Å². The Balaban J connectivity index is 4.39. The summed E-state index contributed by atoms with van der Waals surface area (Å²) in [6.45, 7) is 13.9. The summed E-state index contributed by atoms with van der Waals surface area (Å²) in [5, 5.41) is 0. The van der Waals surface area contributed by atoms with Gasteiger partial charge in [0.05, 0.1) is 0 Å². The topological polar surface area (TPSA) is 0 Å². The highest BCUT2D eigenvalue weighted by atomic mass is 14.3. The molecule has 0 aromatic heterocycles. The average molecular weight is 210 g/mol. The smallest absolute Gasteiger partial charge is 0.0157 e. The summed E-state index contributed by atoms with van der Waals surface area (Å²) in [6.07, 6.45) is 9.03. The highest BCUT2D eigenvalue weighted by molar-refractivity contribution is 5.06. The Labute approximate surface area is 97.2 Å². The lowest BCUT2D eigenvalue weighted by molar-refractivity contribution is 0.257. The van der Waals surface area contributed by atoms with Gasteiger partial charge < -0.3 is 0 Å². The van der Waals surface area contributed by atoms with Crippen molar-refractivity contribution in [2.24, 2.45) is 11.3 Å². The van der Waals surface area contributed by atoms with Crippen molar-refractivity contribution in [2.45, 2.75) is 73.6 Å². The van der Waals surface area contributed by atoms with Gasteiger partial charge in [0, 0.05) is 0 Å². The third-order valence-corrected chi connectivity index (χ3v) is 3.22. The maximum Gasteiger partial charge on any atom is -0.0157 e. The maximum atomic E-state index is 2.40. The van der Waals surface area contributed by atoms with Gasteiger partial charge in [-0.25, -0.2) is 0 Å². The van der Waals surface area contributed by atoms with Crippen molar-refractivity contribution in [2.75, 3.05) is 0 Å². The second-order valence-electron chi connectivity index (χ2n) is 5.77. The van der Waals surface area contributed by atoms with Gasteiger partial charge in [-0.15, -0.1) is 0 Å². The molecule has 0 nitrogen and oxygen atoms in total. The first-order chi connectivity index (χ1) is 6.93. The number of rotatable bonds is 6. The second kappa shape index (κ2) is 7.09.